The fraction of sp³-hybridized carbons (Fsp3) is 0.438. The third-order valence-corrected chi connectivity index (χ3v) is 4.91. The van der Waals surface area contributed by atoms with Crippen molar-refractivity contribution in [2.45, 2.75) is 33.4 Å². The highest BCUT2D eigenvalue weighted by Crippen LogP contribution is 2.34. The number of nitrogens with one attached hydrogen (secondary N) is 1. The molecule has 0 amide bonds. The largest absolute Gasteiger partial charge is 0.378 e. The van der Waals surface area contributed by atoms with E-state index in [1.807, 2.05) is 0 Å². The van der Waals surface area contributed by atoms with Crippen molar-refractivity contribution in [2.24, 2.45) is 0 Å². The fourth-order valence-corrected chi connectivity index (χ4v) is 3.94. The van der Waals surface area contributed by atoms with Crippen molar-refractivity contribution in [3.05, 3.63) is 38.8 Å². The number of halogens is 1. The van der Waals surface area contributed by atoms with E-state index in [2.05, 4.69) is 53.3 Å². The highest BCUT2D eigenvalue weighted by atomic mass is 79.9. The van der Waals surface area contributed by atoms with E-state index in [-0.39, 0.29) is 0 Å². The molecule has 0 atom stereocenters. The lowest BCUT2D eigenvalue weighted by molar-refractivity contribution is 0.181. The Balaban J connectivity index is 2.29. The van der Waals surface area contributed by atoms with Gasteiger partial charge in [0.1, 0.15) is 5.01 Å². The third kappa shape index (κ3) is 4.36. The first-order chi connectivity index (χ1) is 10.2. The Morgan fingerprint density at radius 1 is 1.38 bits per heavy atom. The van der Waals surface area contributed by atoms with Crippen molar-refractivity contribution in [1.82, 2.24) is 10.3 Å². The van der Waals surface area contributed by atoms with Gasteiger partial charge in [-0.3, -0.25) is 0 Å². The summed E-state index contributed by atoms with van der Waals surface area (Å²) < 4.78 is 6.37. The van der Waals surface area contributed by atoms with Gasteiger partial charge in [-0.25, -0.2) is 4.98 Å². The van der Waals surface area contributed by atoms with Crippen LogP contribution in [0, 0.1) is 6.92 Å². The molecule has 1 aromatic carbocycles. The molecule has 0 saturated heterocycles. The van der Waals surface area contributed by atoms with Crippen molar-refractivity contribution in [3.8, 4) is 10.6 Å². The number of ether oxygens (including phenoxy) is 1. The molecule has 0 saturated carbocycles. The van der Waals surface area contributed by atoms with Gasteiger partial charge >= 0.3 is 0 Å². The van der Waals surface area contributed by atoms with Gasteiger partial charge in [-0.15, -0.1) is 11.3 Å². The Bertz CT molecular complexity index is 598. The monoisotopic (exact) mass is 368 g/mol. The summed E-state index contributed by atoms with van der Waals surface area (Å²) in [6.07, 6.45) is 1.13. The predicted octanol–water partition coefficient (Wildman–Crippen LogP) is 4.53. The topological polar surface area (TPSA) is 34.2 Å². The molecule has 1 heterocycles. The number of methoxy groups -OCH3 is 1. The Morgan fingerprint density at radius 2 is 2.19 bits per heavy atom. The van der Waals surface area contributed by atoms with Crippen LogP contribution in [0.5, 0.6) is 0 Å². The van der Waals surface area contributed by atoms with E-state index in [1.165, 1.54) is 10.4 Å². The van der Waals surface area contributed by atoms with Crippen molar-refractivity contribution in [2.75, 3.05) is 13.7 Å². The first-order valence-electron chi connectivity index (χ1n) is 7.10. The summed E-state index contributed by atoms with van der Waals surface area (Å²) in [5, 5.41) is 4.49. The van der Waals surface area contributed by atoms with Gasteiger partial charge < -0.3 is 10.1 Å². The lowest BCUT2D eigenvalue weighted by atomic mass is 10.2. The number of hydrogen-bond donors (Lipinski definition) is 1. The Kier molecular flexibility index (Phi) is 6.36. The molecule has 0 unspecified atom stereocenters. The molecule has 1 aromatic heterocycles. The molecule has 114 valence electrons. The van der Waals surface area contributed by atoms with Crippen molar-refractivity contribution in [1.29, 1.82) is 0 Å². The molecule has 0 bridgehead atoms. The maximum Gasteiger partial charge on any atom is 0.125 e. The van der Waals surface area contributed by atoms with Crippen LogP contribution in [0.2, 0.25) is 0 Å². The van der Waals surface area contributed by atoms with Gasteiger partial charge in [0.05, 0.1) is 12.3 Å². The molecular weight excluding hydrogens is 348 g/mol. The molecule has 3 nitrogen and oxygen atoms in total. The Labute approximate surface area is 138 Å². The van der Waals surface area contributed by atoms with E-state index in [9.17, 15) is 0 Å². The number of rotatable bonds is 7. The van der Waals surface area contributed by atoms with Gasteiger partial charge in [-0.1, -0.05) is 35.0 Å². The van der Waals surface area contributed by atoms with Gasteiger partial charge in [-0.05, 0) is 31.5 Å². The SMILES string of the molecule is CCCNCc1sc(-c2ccc(C)cc2Br)nc1COC. The van der Waals surface area contributed by atoms with E-state index < -0.39 is 0 Å². The molecule has 0 aliphatic carbocycles. The molecule has 0 spiro atoms. The zero-order chi connectivity index (χ0) is 15.2. The number of hydrogen-bond acceptors (Lipinski definition) is 4. The quantitative estimate of drug-likeness (QED) is 0.729. The molecule has 0 fully saturated rings. The summed E-state index contributed by atoms with van der Waals surface area (Å²) in [6.45, 7) is 6.70. The van der Waals surface area contributed by atoms with E-state index in [4.69, 9.17) is 9.72 Å². The van der Waals surface area contributed by atoms with Crippen molar-refractivity contribution >= 4 is 27.3 Å². The van der Waals surface area contributed by atoms with Gasteiger partial charge in [-0.2, -0.15) is 0 Å². The minimum Gasteiger partial charge on any atom is -0.378 e. The molecule has 2 rings (SSSR count). The summed E-state index contributed by atoms with van der Waals surface area (Å²) in [6, 6.07) is 6.37. The molecule has 0 radical (unpaired) electrons. The number of thiazole rings is 1. The van der Waals surface area contributed by atoms with Crippen LogP contribution in [0.4, 0.5) is 0 Å². The zero-order valence-corrected chi connectivity index (χ0v) is 15.1. The van der Waals surface area contributed by atoms with Crippen molar-refractivity contribution < 1.29 is 4.74 Å². The van der Waals surface area contributed by atoms with E-state index in [0.717, 1.165) is 40.2 Å². The first kappa shape index (κ1) is 16.6. The van der Waals surface area contributed by atoms with Crippen LogP contribution in [0.25, 0.3) is 10.6 Å². The maximum atomic E-state index is 5.28. The second kappa shape index (κ2) is 8.03. The minimum atomic E-state index is 0.559. The molecule has 2 aromatic rings. The summed E-state index contributed by atoms with van der Waals surface area (Å²) in [5.41, 5.74) is 3.42. The standard InChI is InChI=1S/C16H21BrN2OS/c1-4-7-18-9-15-14(10-20-3)19-16(21-15)12-6-5-11(2)8-13(12)17/h5-6,8,18H,4,7,9-10H2,1-3H3. The van der Waals surface area contributed by atoms with Gasteiger partial charge in [0, 0.05) is 28.6 Å². The van der Waals surface area contributed by atoms with Crippen LogP contribution >= 0.6 is 27.3 Å². The zero-order valence-electron chi connectivity index (χ0n) is 12.7. The first-order valence-corrected chi connectivity index (χ1v) is 8.71. The van der Waals surface area contributed by atoms with E-state index in [1.54, 1.807) is 18.4 Å². The summed E-state index contributed by atoms with van der Waals surface area (Å²) in [5.74, 6) is 0. The van der Waals surface area contributed by atoms with Crippen LogP contribution in [-0.4, -0.2) is 18.6 Å². The van der Waals surface area contributed by atoms with Crippen molar-refractivity contribution in [3.63, 3.8) is 0 Å². The smallest absolute Gasteiger partial charge is 0.125 e. The maximum absolute atomic E-state index is 5.28. The molecule has 5 heteroatoms. The number of benzene rings is 1. The van der Waals surface area contributed by atoms with Crippen LogP contribution in [0.15, 0.2) is 22.7 Å². The number of nitrogens with zero attached hydrogens (tertiary/aromatic N) is 1. The fourth-order valence-electron chi connectivity index (χ4n) is 2.06. The van der Waals surface area contributed by atoms with E-state index >= 15 is 0 Å². The Morgan fingerprint density at radius 3 is 2.86 bits per heavy atom. The summed E-state index contributed by atoms with van der Waals surface area (Å²) >= 11 is 5.38. The Hall–Kier alpha value is -0.750. The van der Waals surface area contributed by atoms with Crippen LogP contribution < -0.4 is 5.32 Å². The highest BCUT2D eigenvalue weighted by molar-refractivity contribution is 9.10. The molecule has 21 heavy (non-hydrogen) atoms. The molecule has 0 aliphatic rings. The minimum absolute atomic E-state index is 0.559. The number of aromatic nitrogens is 1. The van der Waals surface area contributed by atoms with E-state index in [0.29, 0.717) is 6.61 Å². The summed E-state index contributed by atoms with van der Waals surface area (Å²) in [4.78, 5) is 6.02. The average Bonchev–Trinajstić information content (AvgIpc) is 2.82. The number of aryl methyl sites for hydroxylation is 1. The highest BCUT2D eigenvalue weighted by Gasteiger charge is 2.14. The second-order valence-corrected chi connectivity index (χ2v) is 6.92. The second-order valence-electron chi connectivity index (χ2n) is 4.98. The molecule has 0 aliphatic heterocycles. The lowest BCUT2D eigenvalue weighted by Crippen LogP contribution is -2.14. The third-order valence-electron chi connectivity index (χ3n) is 3.13. The van der Waals surface area contributed by atoms with Gasteiger partial charge in [0.15, 0.2) is 0 Å². The molecule has 1 N–H and O–H groups in total. The molecular formula is C16H21BrN2OS. The van der Waals surface area contributed by atoms with Gasteiger partial charge in [0.25, 0.3) is 0 Å². The summed E-state index contributed by atoms with van der Waals surface area (Å²) in [7, 11) is 1.71. The predicted molar refractivity (Wildman–Crippen MR) is 92.7 cm³/mol. The van der Waals surface area contributed by atoms with Crippen LogP contribution in [0.3, 0.4) is 0 Å². The van der Waals surface area contributed by atoms with Gasteiger partial charge in [0.2, 0.25) is 0 Å². The average molecular weight is 369 g/mol. The van der Waals surface area contributed by atoms with Crippen LogP contribution in [-0.2, 0) is 17.9 Å². The van der Waals surface area contributed by atoms with Crippen LogP contribution in [0.1, 0.15) is 29.5 Å². The lowest BCUT2D eigenvalue weighted by Gasteiger charge is -2.02. The normalized spacial score (nSPS) is 11.0.